The number of thioether (sulfide) groups is 1. The average Bonchev–Trinajstić information content (AvgIpc) is 2.39. The molecule has 0 aromatic heterocycles. The Bertz CT molecular complexity index is 596. The number of hydrogen-bond acceptors (Lipinski definition) is 3. The number of benzene rings is 2. The monoisotopic (exact) mass is 294 g/mol. The number of rotatable bonds is 4. The normalized spacial score (nSPS) is 10.4. The SMILES string of the molecule is O=C(O)c1cc(SCc2ccc(O)cc2)ccc1Cl. The summed E-state index contributed by atoms with van der Waals surface area (Å²) in [7, 11) is 0. The van der Waals surface area contributed by atoms with E-state index in [1.165, 1.54) is 11.8 Å². The summed E-state index contributed by atoms with van der Waals surface area (Å²) in [4.78, 5) is 11.8. The van der Waals surface area contributed by atoms with Crippen LogP contribution in [0.2, 0.25) is 5.02 Å². The summed E-state index contributed by atoms with van der Waals surface area (Å²) in [6.45, 7) is 0. The van der Waals surface area contributed by atoms with Gasteiger partial charge < -0.3 is 10.2 Å². The second-order valence-electron chi connectivity index (χ2n) is 3.90. The first-order valence-corrected chi connectivity index (χ1v) is 6.86. The lowest BCUT2D eigenvalue weighted by molar-refractivity contribution is 0.0697. The molecule has 0 bridgehead atoms. The Morgan fingerprint density at radius 3 is 2.47 bits per heavy atom. The van der Waals surface area contributed by atoms with Crippen LogP contribution in [0.3, 0.4) is 0 Å². The summed E-state index contributed by atoms with van der Waals surface area (Å²) in [5.74, 6) is -0.105. The molecule has 98 valence electrons. The zero-order chi connectivity index (χ0) is 13.8. The van der Waals surface area contributed by atoms with E-state index in [0.29, 0.717) is 5.75 Å². The fourth-order valence-corrected chi connectivity index (χ4v) is 2.61. The minimum absolute atomic E-state index is 0.109. The summed E-state index contributed by atoms with van der Waals surface area (Å²) < 4.78 is 0. The molecule has 0 atom stereocenters. The second-order valence-corrected chi connectivity index (χ2v) is 5.36. The maximum atomic E-state index is 11.0. The van der Waals surface area contributed by atoms with Crippen LogP contribution < -0.4 is 0 Å². The van der Waals surface area contributed by atoms with E-state index in [9.17, 15) is 9.90 Å². The fourth-order valence-electron chi connectivity index (χ4n) is 1.52. The second kappa shape index (κ2) is 5.99. The van der Waals surface area contributed by atoms with Crippen molar-refractivity contribution in [1.82, 2.24) is 0 Å². The average molecular weight is 295 g/mol. The van der Waals surface area contributed by atoms with Crippen molar-refractivity contribution in [1.29, 1.82) is 0 Å². The van der Waals surface area contributed by atoms with Crippen LogP contribution in [0.5, 0.6) is 5.75 Å². The molecule has 0 spiro atoms. The molecular weight excluding hydrogens is 284 g/mol. The smallest absolute Gasteiger partial charge is 0.337 e. The number of hydrogen-bond donors (Lipinski definition) is 2. The predicted molar refractivity (Wildman–Crippen MR) is 76.1 cm³/mol. The highest BCUT2D eigenvalue weighted by Gasteiger charge is 2.09. The van der Waals surface area contributed by atoms with Crippen molar-refractivity contribution >= 4 is 29.3 Å². The van der Waals surface area contributed by atoms with E-state index in [4.69, 9.17) is 16.7 Å². The highest BCUT2D eigenvalue weighted by molar-refractivity contribution is 7.98. The van der Waals surface area contributed by atoms with Crippen molar-refractivity contribution in [3.63, 3.8) is 0 Å². The van der Waals surface area contributed by atoms with Crippen LogP contribution in [-0.4, -0.2) is 16.2 Å². The maximum absolute atomic E-state index is 11.0. The molecule has 0 aliphatic rings. The lowest BCUT2D eigenvalue weighted by atomic mass is 10.2. The molecule has 2 rings (SSSR count). The minimum atomic E-state index is -1.03. The van der Waals surface area contributed by atoms with Gasteiger partial charge in [-0.3, -0.25) is 0 Å². The Balaban J connectivity index is 2.09. The molecule has 3 nitrogen and oxygen atoms in total. The third kappa shape index (κ3) is 3.66. The molecule has 0 aliphatic heterocycles. The first-order chi connectivity index (χ1) is 9.06. The van der Waals surface area contributed by atoms with Crippen molar-refractivity contribution in [3.05, 3.63) is 58.6 Å². The Hall–Kier alpha value is -1.65. The van der Waals surface area contributed by atoms with Crippen LogP contribution in [0, 0.1) is 0 Å². The van der Waals surface area contributed by atoms with E-state index in [2.05, 4.69) is 0 Å². The quantitative estimate of drug-likeness (QED) is 0.836. The highest BCUT2D eigenvalue weighted by atomic mass is 35.5. The molecule has 5 heteroatoms. The van der Waals surface area contributed by atoms with Crippen molar-refractivity contribution in [2.45, 2.75) is 10.6 Å². The predicted octanol–water partition coefficient (Wildman–Crippen LogP) is 4.04. The number of aromatic carboxylic acids is 1. The van der Waals surface area contributed by atoms with Crippen molar-refractivity contribution in [2.75, 3.05) is 0 Å². The lowest BCUT2D eigenvalue weighted by Gasteiger charge is -2.05. The summed E-state index contributed by atoms with van der Waals surface area (Å²) in [6, 6.07) is 11.9. The van der Waals surface area contributed by atoms with Crippen LogP contribution >= 0.6 is 23.4 Å². The number of phenolic OH excluding ortho intramolecular Hbond substituents is 1. The van der Waals surface area contributed by atoms with E-state index < -0.39 is 5.97 Å². The summed E-state index contributed by atoms with van der Waals surface area (Å²) in [6.07, 6.45) is 0. The number of aromatic hydroxyl groups is 1. The Labute approximate surface area is 119 Å². The van der Waals surface area contributed by atoms with Gasteiger partial charge in [-0.15, -0.1) is 11.8 Å². The van der Waals surface area contributed by atoms with Gasteiger partial charge in [-0.25, -0.2) is 4.79 Å². The van der Waals surface area contributed by atoms with Crippen LogP contribution in [0.15, 0.2) is 47.4 Å². The number of phenols is 1. The van der Waals surface area contributed by atoms with Gasteiger partial charge >= 0.3 is 5.97 Å². The third-order valence-electron chi connectivity index (χ3n) is 2.51. The van der Waals surface area contributed by atoms with Crippen molar-refractivity contribution in [3.8, 4) is 5.75 Å². The van der Waals surface area contributed by atoms with E-state index >= 15 is 0 Å². The molecule has 0 fully saturated rings. The lowest BCUT2D eigenvalue weighted by Crippen LogP contribution is -1.97. The van der Waals surface area contributed by atoms with Gasteiger partial charge in [0.05, 0.1) is 10.6 Å². The molecule has 0 saturated heterocycles. The Kier molecular flexibility index (Phi) is 4.35. The van der Waals surface area contributed by atoms with Gasteiger partial charge in [-0.05, 0) is 35.9 Å². The maximum Gasteiger partial charge on any atom is 0.337 e. The van der Waals surface area contributed by atoms with Gasteiger partial charge in [0, 0.05) is 10.6 Å². The summed E-state index contributed by atoms with van der Waals surface area (Å²) >= 11 is 7.32. The standard InChI is InChI=1S/C14H11ClO3S/c15-13-6-5-11(7-12(13)14(17)18)19-8-9-1-3-10(16)4-2-9/h1-7,16H,8H2,(H,17,18). The first kappa shape index (κ1) is 13.8. The Morgan fingerprint density at radius 2 is 1.84 bits per heavy atom. The first-order valence-electron chi connectivity index (χ1n) is 5.50. The van der Waals surface area contributed by atoms with Crippen LogP contribution in [0.25, 0.3) is 0 Å². The molecule has 2 aromatic rings. The van der Waals surface area contributed by atoms with Crippen molar-refractivity contribution < 1.29 is 15.0 Å². The number of carbonyl (C=O) groups is 1. The molecule has 0 heterocycles. The number of carboxylic acids is 1. The molecular formula is C14H11ClO3S. The highest BCUT2D eigenvalue weighted by Crippen LogP contribution is 2.27. The molecule has 2 N–H and O–H groups in total. The van der Waals surface area contributed by atoms with Gasteiger partial charge in [0.2, 0.25) is 0 Å². The van der Waals surface area contributed by atoms with Crippen LogP contribution in [0.4, 0.5) is 0 Å². The van der Waals surface area contributed by atoms with Gasteiger partial charge in [0.25, 0.3) is 0 Å². The molecule has 0 saturated carbocycles. The van der Waals surface area contributed by atoms with E-state index in [0.717, 1.165) is 10.5 Å². The molecule has 0 radical (unpaired) electrons. The van der Waals surface area contributed by atoms with Gasteiger partial charge in [-0.2, -0.15) is 0 Å². The van der Waals surface area contributed by atoms with Gasteiger partial charge in [0.1, 0.15) is 5.75 Å². The minimum Gasteiger partial charge on any atom is -0.508 e. The topological polar surface area (TPSA) is 57.5 Å². The van der Waals surface area contributed by atoms with Gasteiger partial charge in [-0.1, -0.05) is 23.7 Å². The molecule has 19 heavy (non-hydrogen) atoms. The molecule has 0 amide bonds. The van der Waals surface area contributed by atoms with E-state index in [1.54, 1.807) is 30.3 Å². The number of carboxylic acid groups (broad SMARTS) is 1. The molecule has 0 aliphatic carbocycles. The summed E-state index contributed by atoms with van der Waals surface area (Å²) in [5, 5.41) is 18.4. The number of halogens is 1. The Morgan fingerprint density at radius 1 is 1.16 bits per heavy atom. The summed E-state index contributed by atoms with van der Waals surface area (Å²) in [5.41, 5.74) is 1.16. The molecule has 2 aromatic carbocycles. The van der Waals surface area contributed by atoms with Crippen LogP contribution in [0.1, 0.15) is 15.9 Å². The zero-order valence-corrected chi connectivity index (χ0v) is 11.4. The molecule has 0 unspecified atom stereocenters. The van der Waals surface area contributed by atoms with Gasteiger partial charge in [0.15, 0.2) is 0 Å². The largest absolute Gasteiger partial charge is 0.508 e. The van der Waals surface area contributed by atoms with Crippen LogP contribution in [-0.2, 0) is 5.75 Å². The third-order valence-corrected chi connectivity index (χ3v) is 3.90. The van der Waals surface area contributed by atoms with Crippen molar-refractivity contribution in [2.24, 2.45) is 0 Å². The fraction of sp³-hybridized carbons (Fsp3) is 0.0714. The van der Waals surface area contributed by atoms with E-state index in [1.807, 2.05) is 12.1 Å². The van der Waals surface area contributed by atoms with E-state index in [-0.39, 0.29) is 16.3 Å². The zero-order valence-electron chi connectivity index (χ0n) is 9.84.